The van der Waals surface area contributed by atoms with Gasteiger partial charge in [0, 0.05) is 31.5 Å². The molecule has 6 nitrogen and oxygen atoms in total. The van der Waals surface area contributed by atoms with Gasteiger partial charge >= 0.3 is 0 Å². The summed E-state index contributed by atoms with van der Waals surface area (Å²) in [4.78, 5) is 11.5. The number of thiophene rings is 1. The highest BCUT2D eigenvalue weighted by molar-refractivity contribution is 7.22. The highest BCUT2D eigenvalue weighted by Gasteiger charge is 2.44. The molecule has 134 valence electrons. The predicted octanol–water partition coefficient (Wildman–Crippen LogP) is 2.82. The second-order valence-corrected chi connectivity index (χ2v) is 8.16. The Morgan fingerprint density at radius 1 is 1.27 bits per heavy atom. The summed E-state index contributed by atoms with van der Waals surface area (Å²) < 4.78 is 15.9. The van der Waals surface area contributed by atoms with Crippen molar-refractivity contribution in [3.63, 3.8) is 0 Å². The topological polar surface area (TPSA) is 66.8 Å². The molecule has 0 radical (unpaired) electrons. The molecule has 1 N–H and O–H groups in total. The lowest BCUT2D eigenvalue weighted by molar-refractivity contribution is 0.175. The van der Waals surface area contributed by atoms with Gasteiger partial charge in [0.25, 0.3) is 0 Å². The highest BCUT2D eigenvalue weighted by Crippen LogP contribution is 2.34. The quantitative estimate of drug-likeness (QED) is 0.765. The number of rotatable bonds is 3. The molecule has 0 aliphatic carbocycles. The van der Waals surface area contributed by atoms with Crippen LogP contribution in [0.3, 0.4) is 0 Å². The van der Waals surface area contributed by atoms with E-state index in [0.717, 1.165) is 39.9 Å². The monoisotopic (exact) mass is 370 g/mol. The van der Waals surface area contributed by atoms with Gasteiger partial charge < -0.3 is 10.2 Å². The maximum atomic E-state index is 14.8. The highest BCUT2D eigenvalue weighted by atomic mass is 32.1. The third kappa shape index (κ3) is 2.64. The number of nitrogens with zero attached hydrogens (tertiary/aromatic N) is 5. The van der Waals surface area contributed by atoms with Crippen molar-refractivity contribution in [1.29, 1.82) is 0 Å². The van der Waals surface area contributed by atoms with Crippen LogP contribution in [0, 0.1) is 0 Å². The van der Waals surface area contributed by atoms with Crippen LogP contribution < -0.4 is 10.2 Å². The van der Waals surface area contributed by atoms with Crippen molar-refractivity contribution in [3.8, 4) is 10.6 Å². The van der Waals surface area contributed by atoms with E-state index < -0.39 is 6.17 Å². The van der Waals surface area contributed by atoms with Gasteiger partial charge in [0.1, 0.15) is 11.9 Å². The van der Waals surface area contributed by atoms with E-state index in [1.54, 1.807) is 23.7 Å². The zero-order chi connectivity index (χ0) is 17.7. The van der Waals surface area contributed by atoms with Gasteiger partial charge in [-0.05, 0) is 36.8 Å². The molecule has 2 aliphatic heterocycles. The average Bonchev–Trinajstić information content (AvgIpc) is 3.29. The first kappa shape index (κ1) is 16.0. The van der Waals surface area contributed by atoms with Crippen molar-refractivity contribution in [3.05, 3.63) is 30.7 Å². The molecule has 2 saturated heterocycles. The van der Waals surface area contributed by atoms with Gasteiger partial charge in [-0.15, -0.1) is 21.5 Å². The van der Waals surface area contributed by atoms with Crippen LogP contribution >= 0.6 is 11.3 Å². The Labute approximate surface area is 154 Å². The van der Waals surface area contributed by atoms with E-state index in [-0.39, 0.29) is 12.1 Å². The molecule has 8 heteroatoms. The standard InChI is InChI=1S/C18H19FN6S/c1-25(14-7-11-2-3-12(22-11)17(14)19)18-21-8-13(23-24-18)15-6-10-4-5-20-9-16(10)26-15/h4-6,8-9,11-12,14,17,22H,2-3,7H2,1H3/t11?,12?,14-,17+/m0/s1. The van der Waals surface area contributed by atoms with Crippen molar-refractivity contribution in [2.24, 2.45) is 0 Å². The number of anilines is 1. The molecule has 2 unspecified atom stereocenters. The van der Waals surface area contributed by atoms with Gasteiger partial charge in [0.05, 0.1) is 21.8 Å². The molecular formula is C18H19FN6S. The van der Waals surface area contributed by atoms with Gasteiger partial charge in [0.2, 0.25) is 5.95 Å². The molecule has 2 aliphatic rings. The summed E-state index contributed by atoms with van der Waals surface area (Å²) in [5.74, 6) is 0.477. The third-order valence-corrected chi connectivity index (χ3v) is 6.60. The van der Waals surface area contributed by atoms with Gasteiger partial charge in [-0.25, -0.2) is 9.37 Å². The number of hydrogen-bond acceptors (Lipinski definition) is 7. The molecule has 3 aromatic rings. The van der Waals surface area contributed by atoms with E-state index in [1.807, 2.05) is 24.2 Å². The number of nitrogens with one attached hydrogen (secondary N) is 1. The normalized spacial score (nSPS) is 27.8. The second kappa shape index (κ2) is 6.21. The molecule has 2 bridgehead atoms. The van der Waals surface area contributed by atoms with Gasteiger partial charge in [-0.2, -0.15) is 0 Å². The smallest absolute Gasteiger partial charge is 0.245 e. The Morgan fingerprint density at radius 3 is 3.00 bits per heavy atom. The number of pyridine rings is 1. The number of hydrogen-bond donors (Lipinski definition) is 1. The molecule has 0 amide bonds. The number of fused-ring (bicyclic) bond motifs is 3. The minimum atomic E-state index is -0.905. The van der Waals surface area contributed by atoms with Crippen LogP contribution in [0.4, 0.5) is 10.3 Å². The summed E-state index contributed by atoms with van der Waals surface area (Å²) in [6, 6.07) is 4.21. The van der Waals surface area contributed by atoms with Crippen LogP contribution in [0.2, 0.25) is 0 Å². The number of aromatic nitrogens is 4. The van der Waals surface area contributed by atoms with Crippen LogP contribution in [-0.2, 0) is 0 Å². The number of halogens is 1. The van der Waals surface area contributed by atoms with Crippen molar-refractivity contribution < 1.29 is 4.39 Å². The molecule has 2 fully saturated rings. The Balaban J connectivity index is 1.39. The second-order valence-electron chi connectivity index (χ2n) is 7.07. The van der Waals surface area contributed by atoms with Gasteiger partial charge in [-0.3, -0.25) is 4.98 Å². The first-order valence-corrected chi connectivity index (χ1v) is 9.67. The minimum Gasteiger partial charge on any atom is -0.337 e. The predicted molar refractivity (Wildman–Crippen MR) is 100 cm³/mol. The molecule has 0 saturated carbocycles. The minimum absolute atomic E-state index is 0.0411. The zero-order valence-corrected chi connectivity index (χ0v) is 15.2. The van der Waals surface area contributed by atoms with Gasteiger partial charge in [0.15, 0.2) is 0 Å². The number of alkyl halides is 1. The maximum Gasteiger partial charge on any atom is 0.245 e. The number of piperidine rings is 1. The lowest BCUT2D eigenvalue weighted by Gasteiger charge is -2.38. The largest absolute Gasteiger partial charge is 0.337 e. The van der Waals surface area contributed by atoms with E-state index in [2.05, 4.69) is 31.5 Å². The lowest BCUT2D eigenvalue weighted by atomic mass is 9.97. The first-order valence-electron chi connectivity index (χ1n) is 8.85. The Kier molecular flexibility index (Phi) is 3.82. The van der Waals surface area contributed by atoms with Crippen molar-refractivity contribution in [2.45, 2.75) is 43.6 Å². The SMILES string of the molecule is CN(c1ncc(-c2cc3ccncc3s2)nn1)[C@H]1CC2CCC(N2)[C@H]1F. The average molecular weight is 370 g/mol. The van der Waals surface area contributed by atoms with Crippen molar-refractivity contribution in [1.82, 2.24) is 25.5 Å². The molecule has 5 heterocycles. The molecule has 3 aromatic heterocycles. The molecule has 0 aromatic carbocycles. The van der Waals surface area contributed by atoms with Crippen molar-refractivity contribution >= 4 is 27.4 Å². The van der Waals surface area contributed by atoms with Crippen LogP contribution in [-0.4, -0.2) is 51.5 Å². The molecule has 0 spiro atoms. The van der Waals surface area contributed by atoms with Gasteiger partial charge in [-0.1, -0.05) is 0 Å². The first-order chi connectivity index (χ1) is 12.7. The fourth-order valence-corrected chi connectivity index (χ4v) is 5.03. The van der Waals surface area contributed by atoms with Crippen LogP contribution in [0.25, 0.3) is 20.7 Å². The fraction of sp³-hybridized carbons (Fsp3) is 0.444. The summed E-state index contributed by atoms with van der Waals surface area (Å²) in [6.07, 6.45) is 7.18. The molecule has 5 rings (SSSR count). The Hall–Kier alpha value is -2.19. The summed E-state index contributed by atoms with van der Waals surface area (Å²) in [6.45, 7) is 0. The third-order valence-electron chi connectivity index (χ3n) is 5.49. The summed E-state index contributed by atoms with van der Waals surface area (Å²) >= 11 is 1.62. The Morgan fingerprint density at radius 2 is 2.19 bits per heavy atom. The van der Waals surface area contributed by atoms with E-state index in [1.165, 1.54) is 0 Å². The lowest BCUT2D eigenvalue weighted by Crippen LogP contribution is -2.55. The summed E-state index contributed by atoms with van der Waals surface area (Å²) in [5.41, 5.74) is 0.727. The summed E-state index contributed by atoms with van der Waals surface area (Å²) in [5, 5.41) is 13.1. The zero-order valence-electron chi connectivity index (χ0n) is 14.3. The van der Waals surface area contributed by atoms with E-state index in [9.17, 15) is 4.39 Å². The van der Waals surface area contributed by atoms with Crippen LogP contribution in [0.5, 0.6) is 0 Å². The van der Waals surface area contributed by atoms with Crippen molar-refractivity contribution in [2.75, 3.05) is 11.9 Å². The van der Waals surface area contributed by atoms with E-state index in [4.69, 9.17) is 0 Å². The summed E-state index contributed by atoms with van der Waals surface area (Å²) in [7, 11) is 1.86. The maximum absolute atomic E-state index is 14.8. The van der Waals surface area contributed by atoms with E-state index >= 15 is 0 Å². The molecule has 4 atom stereocenters. The molecular weight excluding hydrogens is 351 g/mol. The fourth-order valence-electron chi connectivity index (χ4n) is 4.05. The molecule has 26 heavy (non-hydrogen) atoms. The van der Waals surface area contributed by atoms with E-state index in [0.29, 0.717) is 12.0 Å². The Bertz CT molecular complexity index is 896. The van der Waals surface area contributed by atoms with Crippen LogP contribution in [0.15, 0.2) is 30.7 Å². The van der Waals surface area contributed by atoms with Crippen LogP contribution in [0.1, 0.15) is 19.3 Å².